The fourth-order valence-electron chi connectivity index (χ4n) is 9.61. The summed E-state index contributed by atoms with van der Waals surface area (Å²) in [6.45, 7) is 7.51. The van der Waals surface area contributed by atoms with Crippen molar-refractivity contribution in [1.29, 1.82) is 0 Å². The van der Waals surface area contributed by atoms with Crippen LogP contribution in [0.5, 0.6) is 0 Å². The van der Waals surface area contributed by atoms with Crippen molar-refractivity contribution >= 4 is 58.2 Å². The Hall–Kier alpha value is -5.64. The molecular formula is C56H58Cl4N8O4. The average molecular weight is 1050 g/mol. The van der Waals surface area contributed by atoms with Crippen molar-refractivity contribution in [2.45, 2.75) is 78.1 Å². The molecule has 2 unspecified atom stereocenters. The van der Waals surface area contributed by atoms with Crippen LogP contribution >= 0.6 is 46.4 Å². The van der Waals surface area contributed by atoms with Crippen molar-refractivity contribution in [3.8, 4) is 57.6 Å². The second kappa shape index (κ2) is 24.9. The van der Waals surface area contributed by atoms with Gasteiger partial charge in [0.25, 0.3) is 11.8 Å². The lowest BCUT2D eigenvalue weighted by atomic mass is 10.0. The molecule has 4 N–H and O–H groups in total. The highest BCUT2D eigenvalue weighted by atomic mass is 35.5. The summed E-state index contributed by atoms with van der Waals surface area (Å²) in [4.78, 5) is 26.6. The highest BCUT2D eigenvalue weighted by molar-refractivity contribution is 6.36. The van der Waals surface area contributed by atoms with Gasteiger partial charge in [-0.15, -0.1) is 0 Å². The van der Waals surface area contributed by atoms with Crippen molar-refractivity contribution in [1.82, 2.24) is 40.4 Å². The number of halogens is 4. The standard InChI is InChI=1S/C28H28Cl2N4O2.C28H30Cl2N4O2/c1-18-26(28(36)32-33-16-21-6-4-7-22(21)17-33)31-34(25-13-12-23(29)15-24(25)30)27(18)20-10-8-19(9-11-20)5-2-3-14-35;1-20-26(28(36)32-33-16-6-4-7-17-33)31-34(25-15-14-23(29)19-24(25)30)27(20)22-12-10-21(11-13-22)9-5-2-3-8-18-35/h8-13,15,21-22,35H,3-4,6-7,14,16-17H2,1H3,(H,32,36);10-15,19,35H,2-4,6-8,16-18H2,1H3,(H,32,36). The lowest BCUT2D eigenvalue weighted by Crippen LogP contribution is -2.45. The van der Waals surface area contributed by atoms with Gasteiger partial charge in [0.1, 0.15) is 0 Å². The predicted molar refractivity (Wildman–Crippen MR) is 287 cm³/mol. The fourth-order valence-corrected chi connectivity index (χ4v) is 10.6. The Kier molecular flexibility index (Phi) is 18.2. The number of rotatable bonds is 12. The van der Waals surface area contributed by atoms with Gasteiger partial charge in [-0.3, -0.25) is 20.4 Å². The van der Waals surface area contributed by atoms with E-state index in [-0.39, 0.29) is 25.0 Å². The number of aliphatic hydroxyl groups excluding tert-OH is 2. The highest BCUT2D eigenvalue weighted by Crippen LogP contribution is 2.38. The van der Waals surface area contributed by atoms with Crippen LogP contribution in [0.4, 0.5) is 0 Å². The number of piperidine rings is 1. The number of carbonyl (C=O) groups excluding carboxylic acids is 2. The number of unbranched alkanes of at least 4 members (excludes halogenated alkanes) is 2. The smallest absolute Gasteiger partial charge is 0.286 e. The number of nitrogens with one attached hydrogen (secondary N) is 2. The number of amides is 2. The zero-order valence-electron chi connectivity index (χ0n) is 40.5. The lowest BCUT2D eigenvalue weighted by Gasteiger charge is -2.26. The fraction of sp³-hybridized carbons (Fsp3) is 0.357. The molecule has 0 radical (unpaired) electrons. The average Bonchev–Trinajstić information content (AvgIpc) is 4.15. The molecule has 2 aromatic heterocycles. The van der Waals surface area contributed by atoms with Crippen LogP contribution in [0, 0.1) is 49.4 Å². The highest BCUT2D eigenvalue weighted by Gasteiger charge is 2.37. The van der Waals surface area contributed by atoms with Crippen LogP contribution in [0.3, 0.4) is 0 Å². The Morgan fingerprint density at radius 1 is 0.597 bits per heavy atom. The molecule has 2 saturated heterocycles. The van der Waals surface area contributed by atoms with Crippen LogP contribution in [0.15, 0.2) is 84.9 Å². The lowest BCUT2D eigenvalue weighted by molar-refractivity contribution is 0.0742. The number of hydrazine groups is 2. The molecule has 6 aromatic rings. The second-order valence-electron chi connectivity index (χ2n) is 18.4. The SMILES string of the molecule is Cc1c(C(=O)NN2CC3CCCC3C2)nn(-c2ccc(Cl)cc2Cl)c1-c1ccc(C#CCCO)cc1.Cc1c(C(=O)NN2CCCCC2)nn(-c2ccc(Cl)cc2Cl)c1-c1ccc(C#CCCCCO)cc1. The third kappa shape index (κ3) is 12.7. The van der Waals surface area contributed by atoms with Gasteiger partial charge in [-0.05, 0) is 125 Å². The molecule has 3 fully saturated rings. The first kappa shape index (κ1) is 52.7. The molecule has 16 heteroatoms. The Morgan fingerprint density at radius 2 is 1.07 bits per heavy atom. The molecule has 1 saturated carbocycles. The number of carbonyl (C=O) groups is 2. The minimum atomic E-state index is -0.232. The van der Waals surface area contributed by atoms with E-state index in [9.17, 15) is 9.59 Å². The monoisotopic (exact) mass is 1050 g/mol. The largest absolute Gasteiger partial charge is 0.396 e. The molecule has 4 aromatic carbocycles. The predicted octanol–water partition coefficient (Wildman–Crippen LogP) is 11.1. The van der Waals surface area contributed by atoms with E-state index >= 15 is 0 Å². The van der Waals surface area contributed by atoms with Gasteiger partial charge in [0.05, 0.1) is 39.4 Å². The third-order valence-corrected chi connectivity index (χ3v) is 14.4. The van der Waals surface area contributed by atoms with Crippen molar-refractivity contribution in [2.24, 2.45) is 11.8 Å². The quantitative estimate of drug-likeness (QED) is 0.0702. The third-order valence-electron chi connectivity index (χ3n) is 13.3. The summed E-state index contributed by atoms with van der Waals surface area (Å²) in [5.41, 5.74) is 14.7. The number of benzene rings is 4. The Morgan fingerprint density at radius 3 is 1.53 bits per heavy atom. The first-order valence-corrected chi connectivity index (χ1v) is 26.1. The summed E-state index contributed by atoms with van der Waals surface area (Å²) in [6, 6.07) is 26.1. The van der Waals surface area contributed by atoms with E-state index in [0.29, 0.717) is 61.1 Å². The molecule has 2 atom stereocenters. The molecule has 0 bridgehead atoms. The molecule has 4 heterocycles. The summed E-state index contributed by atoms with van der Waals surface area (Å²) >= 11 is 25.4. The summed E-state index contributed by atoms with van der Waals surface area (Å²) in [6.07, 6.45) is 9.90. The van der Waals surface area contributed by atoms with Gasteiger partial charge >= 0.3 is 0 Å². The van der Waals surface area contributed by atoms with E-state index in [1.54, 1.807) is 45.8 Å². The number of hydrogen-bond donors (Lipinski definition) is 4. The summed E-state index contributed by atoms with van der Waals surface area (Å²) in [7, 11) is 0. The van der Waals surface area contributed by atoms with Crippen LogP contribution < -0.4 is 10.9 Å². The van der Waals surface area contributed by atoms with Gasteiger partial charge in [-0.25, -0.2) is 19.4 Å². The van der Waals surface area contributed by atoms with Gasteiger partial charge in [-0.1, -0.05) is 107 Å². The normalized spacial score (nSPS) is 16.4. The van der Waals surface area contributed by atoms with Crippen molar-refractivity contribution in [2.75, 3.05) is 39.4 Å². The molecule has 374 valence electrons. The molecule has 9 rings (SSSR count). The number of fused-ring (bicyclic) bond motifs is 1. The zero-order valence-corrected chi connectivity index (χ0v) is 43.5. The van der Waals surface area contributed by atoms with Crippen molar-refractivity contribution in [3.63, 3.8) is 0 Å². The summed E-state index contributed by atoms with van der Waals surface area (Å²) < 4.78 is 3.43. The summed E-state index contributed by atoms with van der Waals surface area (Å²) in [5.74, 6) is 13.2. The molecular weight excluding hydrogens is 990 g/mol. The van der Waals surface area contributed by atoms with E-state index in [0.717, 1.165) is 103 Å². The maximum absolute atomic E-state index is 13.4. The van der Waals surface area contributed by atoms with E-state index < -0.39 is 0 Å². The van der Waals surface area contributed by atoms with Crippen LogP contribution in [0.2, 0.25) is 20.1 Å². The molecule has 72 heavy (non-hydrogen) atoms. The summed E-state index contributed by atoms with van der Waals surface area (Å²) in [5, 5.41) is 33.3. The van der Waals surface area contributed by atoms with Gasteiger partial charge in [0, 0.05) is 89.1 Å². The van der Waals surface area contributed by atoms with Crippen molar-refractivity contribution in [3.05, 3.63) is 139 Å². The minimum absolute atomic E-state index is 0.0366. The minimum Gasteiger partial charge on any atom is -0.396 e. The molecule has 3 aliphatic rings. The van der Waals surface area contributed by atoms with Gasteiger partial charge < -0.3 is 10.2 Å². The number of nitrogens with zero attached hydrogens (tertiary/aromatic N) is 6. The molecule has 2 amide bonds. The number of aliphatic hydroxyl groups is 2. The van der Waals surface area contributed by atoms with Gasteiger partial charge in [0.15, 0.2) is 11.4 Å². The van der Waals surface area contributed by atoms with Crippen LogP contribution in [-0.4, -0.2) is 91.0 Å². The van der Waals surface area contributed by atoms with Crippen LogP contribution in [0.1, 0.15) is 107 Å². The second-order valence-corrected chi connectivity index (χ2v) is 20.0. The van der Waals surface area contributed by atoms with Gasteiger partial charge in [0.2, 0.25) is 0 Å². The van der Waals surface area contributed by atoms with Crippen LogP contribution in [0.25, 0.3) is 33.9 Å². The van der Waals surface area contributed by atoms with Gasteiger partial charge in [-0.2, -0.15) is 10.2 Å². The van der Waals surface area contributed by atoms with E-state index in [4.69, 9.17) is 66.8 Å². The number of aromatic nitrogens is 4. The first-order chi connectivity index (χ1) is 34.9. The number of hydrogen-bond acceptors (Lipinski definition) is 8. The van der Waals surface area contributed by atoms with E-state index in [1.807, 2.05) is 72.4 Å². The Balaban J connectivity index is 0.000000193. The topological polar surface area (TPSA) is 141 Å². The molecule has 2 aliphatic heterocycles. The molecule has 0 spiro atoms. The maximum Gasteiger partial charge on any atom is 0.286 e. The molecule has 1 aliphatic carbocycles. The Bertz CT molecular complexity index is 3000. The zero-order chi connectivity index (χ0) is 50.7. The molecule has 12 nitrogen and oxygen atoms in total. The van der Waals surface area contributed by atoms with Crippen molar-refractivity contribution < 1.29 is 19.8 Å². The van der Waals surface area contributed by atoms with E-state index in [1.165, 1.54) is 25.7 Å². The Labute approximate surface area is 441 Å². The first-order valence-electron chi connectivity index (χ1n) is 24.5. The van der Waals surface area contributed by atoms with E-state index in [2.05, 4.69) is 34.5 Å². The van der Waals surface area contributed by atoms with Crippen LogP contribution in [-0.2, 0) is 0 Å². The maximum atomic E-state index is 13.4.